The van der Waals surface area contributed by atoms with Crippen LogP contribution in [0.15, 0.2) is 84.9 Å². The Morgan fingerprint density at radius 1 is 0.808 bits per heavy atom. The molecule has 0 aliphatic carbocycles. The predicted molar refractivity (Wildman–Crippen MR) is 108 cm³/mol. The number of rotatable bonds is 5. The van der Waals surface area contributed by atoms with Crippen molar-refractivity contribution < 1.29 is 4.79 Å². The van der Waals surface area contributed by atoms with E-state index < -0.39 is 0 Å². The maximum atomic E-state index is 12.6. The normalized spacial score (nSPS) is 10.4. The van der Waals surface area contributed by atoms with Crippen LogP contribution in [0.4, 0.5) is 16.2 Å². The first-order valence-electron chi connectivity index (χ1n) is 8.58. The van der Waals surface area contributed by atoms with Gasteiger partial charge in [-0.15, -0.1) is 0 Å². The van der Waals surface area contributed by atoms with E-state index >= 15 is 0 Å². The van der Waals surface area contributed by atoms with Crippen LogP contribution in [-0.2, 0) is 0 Å². The number of urea groups is 1. The summed E-state index contributed by atoms with van der Waals surface area (Å²) in [7, 11) is 3.94. The van der Waals surface area contributed by atoms with Gasteiger partial charge in [0.15, 0.2) is 0 Å². The van der Waals surface area contributed by atoms with Crippen LogP contribution >= 0.6 is 0 Å². The first-order chi connectivity index (χ1) is 12.6. The molecule has 0 saturated carbocycles. The highest BCUT2D eigenvalue weighted by atomic mass is 16.2. The first-order valence-corrected chi connectivity index (χ1v) is 8.58. The highest BCUT2D eigenvalue weighted by Crippen LogP contribution is 2.22. The van der Waals surface area contributed by atoms with E-state index in [0.29, 0.717) is 0 Å². The molecule has 0 unspecified atom stereocenters. The molecule has 0 bridgehead atoms. The lowest BCUT2D eigenvalue weighted by molar-refractivity contribution is 0.250. The molecular weight excluding hydrogens is 322 g/mol. The van der Waals surface area contributed by atoms with E-state index in [1.807, 2.05) is 104 Å². The third kappa shape index (κ3) is 4.42. The van der Waals surface area contributed by atoms with E-state index in [1.54, 1.807) is 0 Å². The molecule has 0 aliphatic heterocycles. The highest BCUT2D eigenvalue weighted by Gasteiger charge is 2.16. The molecule has 4 nitrogen and oxygen atoms in total. The van der Waals surface area contributed by atoms with Gasteiger partial charge in [-0.3, -0.25) is 0 Å². The Hall–Kier alpha value is -3.27. The molecule has 0 saturated heterocycles. The standard InChI is InChI=1S/C22H23N3O/c1-25(2)20-15-9-14-19(16-20)23-22(26)24-21(17-10-5-3-6-11-17)18-12-7-4-8-13-18/h3-16,21H,1-2H3,(H2,23,24,26). The van der Waals surface area contributed by atoms with Crippen molar-refractivity contribution in [3.63, 3.8) is 0 Å². The number of nitrogens with zero attached hydrogens (tertiary/aromatic N) is 1. The number of amides is 2. The van der Waals surface area contributed by atoms with Crippen LogP contribution in [0.25, 0.3) is 0 Å². The Labute approximate surface area is 154 Å². The van der Waals surface area contributed by atoms with Crippen molar-refractivity contribution in [3.05, 3.63) is 96.1 Å². The molecule has 0 atom stereocenters. The molecule has 0 aromatic heterocycles. The van der Waals surface area contributed by atoms with Crippen molar-refractivity contribution in [3.8, 4) is 0 Å². The van der Waals surface area contributed by atoms with E-state index in [1.165, 1.54) is 0 Å². The molecule has 2 N–H and O–H groups in total. The van der Waals surface area contributed by atoms with Gasteiger partial charge >= 0.3 is 6.03 Å². The Bertz CT molecular complexity index is 808. The summed E-state index contributed by atoms with van der Waals surface area (Å²) in [6, 6.07) is 27.2. The van der Waals surface area contributed by atoms with Gasteiger partial charge in [0, 0.05) is 25.5 Å². The van der Waals surface area contributed by atoms with Gasteiger partial charge in [-0.05, 0) is 29.3 Å². The maximum Gasteiger partial charge on any atom is 0.319 e. The first kappa shape index (κ1) is 17.5. The molecule has 0 heterocycles. The maximum absolute atomic E-state index is 12.6. The molecule has 0 aliphatic rings. The molecule has 0 fully saturated rings. The van der Waals surface area contributed by atoms with Crippen LogP contribution < -0.4 is 15.5 Å². The number of carbonyl (C=O) groups excluding carboxylic acids is 1. The number of hydrogen-bond donors (Lipinski definition) is 2. The van der Waals surface area contributed by atoms with Gasteiger partial charge < -0.3 is 15.5 Å². The number of nitrogens with one attached hydrogen (secondary N) is 2. The van der Waals surface area contributed by atoms with Crippen LogP contribution in [-0.4, -0.2) is 20.1 Å². The molecule has 0 radical (unpaired) electrons. The summed E-state index contributed by atoms with van der Waals surface area (Å²) in [6.07, 6.45) is 0. The van der Waals surface area contributed by atoms with E-state index in [-0.39, 0.29) is 12.1 Å². The summed E-state index contributed by atoms with van der Waals surface area (Å²) < 4.78 is 0. The lowest BCUT2D eigenvalue weighted by atomic mass is 9.99. The highest BCUT2D eigenvalue weighted by molar-refractivity contribution is 5.90. The topological polar surface area (TPSA) is 44.4 Å². The summed E-state index contributed by atoms with van der Waals surface area (Å²) >= 11 is 0. The summed E-state index contributed by atoms with van der Waals surface area (Å²) in [5.41, 5.74) is 3.87. The van der Waals surface area contributed by atoms with Crippen LogP contribution in [0.3, 0.4) is 0 Å². The Kier molecular flexibility index (Phi) is 5.54. The second-order valence-corrected chi connectivity index (χ2v) is 6.30. The Morgan fingerprint density at radius 3 is 1.92 bits per heavy atom. The minimum absolute atomic E-state index is 0.213. The smallest absolute Gasteiger partial charge is 0.319 e. The van der Waals surface area contributed by atoms with Gasteiger partial charge in [0.05, 0.1) is 6.04 Å². The number of carbonyl (C=O) groups is 1. The van der Waals surface area contributed by atoms with Gasteiger partial charge in [-0.25, -0.2) is 4.79 Å². The molecular formula is C22H23N3O. The van der Waals surface area contributed by atoms with E-state index in [9.17, 15) is 4.79 Å². The van der Waals surface area contributed by atoms with E-state index in [0.717, 1.165) is 22.5 Å². The summed E-state index contributed by atoms with van der Waals surface area (Å²) in [5, 5.41) is 6.01. The summed E-state index contributed by atoms with van der Waals surface area (Å²) in [5.74, 6) is 0. The number of benzene rings is 3. The molecule has 132 valence electrons. The fourth-order valence-corrected chi connectivity index (χ4v) is 2.81. The third-order valence-electron chi connectivity index (χ3n) is 4.16. The van der Waals surface area contributed by atoms with Gasteiger partial charge in [0.2, 0.25) is 0 Å². The molecule has 3 aromatic rings. The second-order valence-electron chi connectivity index (χ2n) is 6.30. The summed E-state index contributed by atoms with van der Waals surface area (Å²) in [4.78, 5) is 14.6. The van der Waals surface area contributed by atoms with Crippen LogP contribution in [0.1, 0.15) is 17.2 Å². The second kappa shape index (κ2) is 8.21. The average Bonchev–Trinajstić information content (AvgIpc) is 2.67. The van der Waals surface area contributed by atoms with Crippen LogP contribution in [0, 0.1) is 0 Å². The predicted octanol–water partition coefficient (Wildman–Crippen LogP) is 4.66. The fourth-order valence-electron chi connectivity index (χ4n) is 2.81. The molecule has 3 aromatic carbocycles. The molecule has 4 heteroatoms. The van der Waals surface area contributed by atoms with Crippen molar-refractivity contribution in [2.45, 2.75) is 6.04 Å². The number of anilines is 2. The number of hydrogen-bond acceptors (Lipinski definition) is 2. The molecule has 0 spiro atoms. The van der Waals surface area contributed by atoms with Crippen molar-refractivity contribution in [1.29, 1.82) is 0 Å². The van der Waals surface area contributed by atoms with Crippen molar-refractivity contribution in [2.24, 2.45) is 0 Å². The third-order valence-corrected chi connectivity index (χ3v) is 4.16. The van der Waals surface area contributed by atoms with Gasteiger partial charge in [-0.2, -0.15) is 0 Å². The van der Waals surface area contributed by atoms with Gasteiger partial charge in [0.1, 0.15) is 0 Å². The largest absolute Gasteiger partial charge is 0.378 e. The van der Waals surface area contributed by atoms with E-state index in [4.69, 9.17) is 0 Å². The van der Waals surface area contributed by atoms with Gasteiger partial charge in [0.25, 0.3) is 0 Å². The zero-order valence-electron chi connectivity index (χ0n) is 15.0. The van der Waals surface area contributed by atoms with Crippen LogP contribution in [0.2, 0.25) is 0 Å². The van der Waals surface area contributed by atoms with Crippen LogP contribution in [0.5, 0.6) is 0 Å². The zero-order valence-corrected chi connectivity index (χ0v) is 15.0. The Morgan fingerprint density at radius 2 is 1.38 bits per heavy atom. The summed E-state index contributed by atoms with van der Waals surface area (Å²) in [6.45, 7) is 0. The fraction of sp³-hybridized carbons (Fsp3) is 0.136. The minimum atomic E-state index is -0.237. The SMILES string of the molecule is CN(C)c1cccc(NC(=O)NC(c2ccccc2)c2ccccc2)c1. The quantitative estimate of drug-likeness (QED) is 0.706. The van der Waals surface area contributed by atoms with Crippen molar-refractivity contribution in [2.75, 3.05) is 24.3 Å². The molecule has 3 rings (SSSR count). The Balaban J connectivity index is 1.79. The average molecular weight is 345 g/mol. The lowest BCUT2D eigenvalue weighted by Crippen LogP contribution is -2.33. The van der Waals surface area contributed by atoms with Gasteiger partial charge in [-0.1, -0.05) is 66.7 Å². The molecule has 26 heavy (non-hydrogen) atoms. The minimum Gasteiger partial charge on any atom is -0.378 e. The van der Waals surface area contributed by atoms with E-state index in [2.05, 4.69) is 10.6 Å². The zero-order chi connectivity index (χ0) is 18.4. The van der Waals surface area contributed by atoms with Crippen molar-refractivity contribution >= 4 is 17.4 Å². The van der Waals surface area contributed by atoms with Crippen molar-refractivity contribution in [1.82, 2.24) is 5.32 Å². The monoisotopic (exact) mass is 345 g/mol. The lowest BCUT2D eigenvalue weighted by Gasteiger charge is -2.20. The molecule has 2 amide bonds.